The highest BCUT2D eigenvalue weighted by atomic mass is 32.2. The van der Waals surface area contributed by atoms with E-state index in [1.807, 2.05) is 30.3 Å². The SMILES string of the molecule is CS(=O)(=O)N1CCN(Cc2cccc(C(=O)O)c2)Cc2ccccc21. The molecule has 0 saturated heterocycles. The molecule has 3 rings (SSSR count). The van der Waals surface area contributed by atoms with E-state index in [4.69, 9.17) is 5.11 Å². The Balaban J connectivity index is 1.87. The van der Waals surface area contributed by atoms with E-state index >= 15 is 0 Å². The zero-order chi connectivity index (χ0) is 18.0. The Morgan fingerprint density at radius 1 is 1.12 bits per heavy atom. The first-order chi connectivity index (χ1) is 11.8. The van der Waals surface area contributed by atoms with Crippen molar-refractivity contribution in [2.45, 2.75) is 13.1 Å². The summed E-state index contributed by atoms with van der Waals surface area (Å²) in [6.07, 6.45) is 1.22. The summed E-state index contributed by atoms with van der Waals surface area (Å²) < 4.78 is 25.7. The molecule has 1 aliphatic rings. The molecule has 0 amide bonds. The molecular formula is C18H20N2O4S. The first-order valence-corrected chi connectivity index (χ1v) is 9.79. The molecule has 0 bridgehead atoms. The molecule has 0 fully saturated rings. The zero-order valence-corrected chi connectivity index (χ0v) is 14.7. The number of aromatic carboxylic acids is 1. The van der Waals surface area contributed by atoms with E-state index in [0.29, 0.717) is 31.9 Å². The number of benzene rings is 2. The van der Waals surface area contributed by atoms with Gasteiger partial charge in [0.1, 0.15) is 0 Å². The number of carbonyl (C=O) groups is 1. The molecule has 2 aromatic carbocycles. The quantitative estimate of drug-likeness (QED) is 0.904. The van der Waals surface area contributed by atoms with Crippen LogP contribution in [0.3, 0.4) is 0 Å². The molecule has 1 N–H and O–H groups in total. The monoisotopic (exact) mass is 360 g/mol. The van der Waals surface area contributed by atoms with Crippen molar-refractivity contribution in [3.63, 3.8) is 0 Å². The fourth-order valence-corrected chi connectivity index (χ4v) is 4.05. The number of fused-ring (bicyclic) bond motifs is 1. The molecule has 1 aliphatic heterocycles. The minimum absolute atomic E-state index is 0.255. The Kier molecular flexibility index (Phi) is 4.78. The van der Waals surface area contributed by atoms with Gasteiger partial charge in [-0.15, -0.1) is 0 Å². The maximum Gasteiger partial charge on any atom is 0.335 e. The summed E-state index contributed by atoms with van der Waals surface area (Å²) in [7, 11) is -3.35. The summed E-state index contributed by atoms with van der Waals surface area (Å²) in [4.78, 5) is 13.3. The summed E-state index contributed by atoms with van der Waals surface area (Å²) in [5.74, 6) is -0.952. The highest BCUT2D eigenvalue weighted by Gasteiger charge is 2.25. The number of carboxylic acids is 1. The Hall–Kier alpha value is -2.38. The smallest absolute Gasteiger partial charge is 0.335 e. The molecule has 0 unspecified atom stereocenters. The van der Waals surface area contributed by atoms with E-state index in [1.165, 1.54) is 10.6 Å². The third-order valence-corrected chi connectivity index (χ3v) is 5.43. The van der Waals surface area contributed by atoms with Gasteiger partial charge in [-0.3, -0.25) is 9.21 Å². The van der Waals surface area contributed by atoms with Crippen LogP contribution in [-0.2, 0) is 23.1 Å². The first kappa shape index (κ1) is 17.4. The normalized spacial score (nSPS) is 15.5. The van der Waals surface area contributed by atoms with Crippen LogP contribution in [-0.4, -0.2) is 43.7 Å². The molecule has 0 aromatic heterocycles. The fraction of sp³-hybridized carbons (Fsp3) is 0.278. The summed E-state index contributed by atoms with van der Waals surface area (Å²) >= 11 is 0. The predicted octanol–water partition coefficient (Wildman–Crippen LogP) is 2.17. The van der Waals surface area contributed by atoms with Gasteiger partial charge in [-0.25, -0.2) is 13.2 Å². The van der Waals surface area contributed by atoms with Crippen LogP contribution in [0.5, 0.6) is 0 Å². The minimum Gasteiger partial charge on any atom is -0.478 e. The Bertz CT molecular complexity index is 895. The van der Waals surface area contributed by atoms with Gasteiger partial charge in [0, 0.05) is 26.2 Å². The van der Waals surface area contributed by atoms with Crippen molar-refractivity contribution in [2.24, 2.45) is 0 Å². The van der Waals surface area contributed by atoms with Crippen LogP contribution in [0.1, 0.15) is 21.5 Å². The van der Waals surface area contributed by atoms with Crippen LogP contribution in [0.25, 0.3) is 0 Å². The lowest BCUT2D eigenvalue weighted by Crippen LogP contribution is -2.35. The lowest BCUT2D eigenvalue weighted by atomic mass is 10.1. The topological polar surface area (TPSA) is 77.9 Å². The Labute approximate surface area is 147 Å². The van der Waals surface area contributed by atoms with Gasteiger partial charge in [-0.05, 0) is 29.3 Å². The second-order valence-corrected chi connectivity index (χ2v) is 8.09. The van der Waals surface area contributed by atoms with Gasteiger partial charge >= 0.3 is 5.97 Å². The molecule has 0 radical (unpaired) electrons. The van der Waals surface area contributed by atoms with E-state index < -0.39 is 16.0 Å². The average molecular weight is 360 g/mol. The van der Waals surface area contributed by atoms with Crippen molar-refractivity contribution < 1.29 is 18.3 Å². The molecule has 25 heavy (non-hydrogen) atoms. The average Bonchev–Trinajstić information content (AvgIpc) is 2.73. The van der Waals surface area contributed by atoms with Gasteiger partial charge in [0.2, 0.25) is 10.0 Å². The number of hydrogen-bond donors (Lipinski definition) is 1. The highest BCUT2D eigenvalue weighted by molar-refractivity contribution is 7.92. The predicted molar refractivity (Wildman–Crippen MR) is 96.1 cm³/mol. The third-order valence-electron chi connectivity index (χ3n) is 4.25. The van der Waals surface area contributed by atoms with Crippen LogP contribution in [0.2, 0.25) is 0 Å². The van der Waals surface area contributed by atoms with Crippen molar-refractivity contribution in [3.8, 4) is 0 Å². The van der Waals surface area contributed by atoms with Gasteiger partial charge in [-0.2, -0.15) is 0 Å². The molecule has 6 nitrogen and oxygen atoms in total. The summed E-state index contributed by atoms with van der Waals surface area (Å²) in [5.41, 5.74) is 2.81. The second-order valence-electron chi connectivity index (χ2n) is 6.18. The van der Waals surface area contributed by atoms with E-state index in [-0.39, 0.29) is 5.56 Å². The van der Waals surface area contributed by atoms with Gasteiger partial charge in [0.15, 0.2) is 0 Å². The summed E-state index contributed by atoms with van der Waals surface area (Å²) in [5, 5.41) is 9.13. The molecule has 1 heterocycles. The fourth-order valence-electron chi connectivity index (χ4n) is 3.10. The summed E-state index contributed by atoms with van der Waals surface area (Å²) in [6.45, 7) is 2.11. The van der Waals surface area contributed by atoms with Crippen LogP contribution < -0.4 is 4.31 Å². The number of rotatable bonds is 4. The van der Waals surface area contributed by atoms with Crippen molar-refractivity contribution in [3.05, 3.63) is 65.2 Å². The number of carboxylic acid groups (broad SMARTS) is 1. The van der Waals surface area contributed by atoms with E-state index in [2.05, 4.69) is 4.90 Å². The number of hydrogen-bond acceptors (Lipinski definition) is 4. The van der Waals surface area contributed by atoms with Crippen molar-refractivity contribution in [1.82, 2.24) is 4.90 Å². The standard InChI is InChI=1S/C18H20N2O4S/c1-25(23,24)20-10-9-19(13-16-6-2-3-8-17(16)20)12-14-5-4-7-15(11-14)18(21)22/h2-8,11H,9-10,12-13H2,1H3,(H,21,22). The molecular weight excluding hydrogens is 340 g/mol. The molecule has 0 saturated carbocycles. The van der Waals surface area contributed by atoms with Crippen molar-refractivity contribution in [1.29, 1.82) is 0 Å². The zero-order valence-electron chi connectivity index (χ0n) is 13.9. The lowest BCUT2D eigenvalue weighted by Gasteiger charge is -2.22. The Morgan fingerprint density at radius 3 is 2.60 bits per heavy atom. The number of nitrogens with zero attached hydrogens (tertiary/aromatic N) is 2. The van der Waals surface area contributed by atoms with Crippen LogP contribution in [0.15, 0.2) is 48.5 Å². The van der Waals surface area contributed by atoms with E-state index in [9.17, 15) is 13.2 Å². The molecule has 0 spiro atoms. The van der Waals surface area contributed by atoms with Gasteiger partial charge in [-0.1, -0.05) is 30.3 Å². The van der Waals surface area contributed by atoms with Crippen molar-refractivity contribution in [2.75, 3.05) is 23.7 Å². The van der Waals surface area contributed by atoms with Crippen LogP contribution >= 0.6 is 0 Å². The van der Waals surface area contributed by atoms with Crippen LogP contribution in [0.4, 0.5) is 5.69 Å². The number of anilines is 1. The number of sulfonamides is 1. The van der Waals surface area contributed by atoms with E-state index in [1.54, 1.807) is 18.2 Å². The largest absolute Gasteiger partial charge is 0.478 e. The Morgan fingerprint density at radius 2 is 1.88 bits per heavy atom. The molecule has 132 valence electrons. The summed E-state index contributed by atoms with van der Waals surface area (Å²) in [6, 6.07) is 14.3. The maximum atomic E-state index is 12.1. The van der Waals surface area contributed by atoms with E-state index in [0.717, 1.165) is 11.1 Å². The van der Waals surface area contributed by atoms with Gasteiger partial charge < -0.3 is 5.11 Å². The molecule has 0 aliphatic carbocycles. The minimum atomic E-state index is -3.35. The van der Waals surface area contributed by atoms with Gasteiger partial charge in [0.05, 0.1) is 17.5 Å². The molecule has 7 heteroatoms. The first-order valence-electron chi connectivity index (χ1n) is 7.95. The lowest BCUT2D eigenvalue weighted by molar-refractivity contribution is 0.0696. The molecule has 0 atom stereocenters. The van der Waals surface area contributed by atoms with Crippen molar-refractivity contribution >= 4 is 21.7 Å². The van der Waals surface area contributed by atoms with Crippen LogP contribution in [0, 0.1) is 0 Å². The van der Waals surface area contributed by atoms with Gasteiger partial charge in [0.25, 0.3) is 0 Å². The second kappa shape index (κ2) is 6.85. The maximum absolute atomic E-state index is 12.1. The third kappa shape index (κ3) is 4.00. The molecule has 2 aromatic rings. The highest BCUT2D eigenvalue weighted by Crippen LogP contribution is 2.27. The number of para-hydroxylation sites is 1.